The third-order valence-corrected chi connectivity index (χ3v) is 6.73. The second kappa shape index (κ2) is 5.85. The van der Waals surface area contributed by atoms with Gasteiger partial charge in [-0.3, -0.25) is 4.79 Å². The highest BCUT2D eigenvalue weighted by Gasteiger charge is 2.39. The number of benzene rings is 1. The van der Waals surface area contributed by atoms with Gasteiger partial charge in [-0.05, 0) is 70.2 Å². The first-order valence-corrected chi connectivity index (χ1v) is 10.1. The Morgan fingerprint density at radius 2 is 2.00 bits per heavy atom. The summed E-state index contributed by atoms with van der Waals surface area (Å²) in [7, 11) is -3.56. The van der Waals surface area contributed by atoms with Crippen LogP contribution in [0.1, 0.15) is 52.5 Å². The molecule has 0 unspecified atom stereocenters. The monoisotopic (exact) mass is 350 g/mol. The standard InChI is InChI=1S/C18H26N2O3S/c1-5-18(3,4)19-24(22,23)15-8-9-16-14(11-15)10-12(2)20(16)17(21)13-6-7-13/h8-9,11-13,19H,5-7,10H2,1-4H3/t12-/m1/s1. The van der Waals surface area contributed by atoms with Crippen molar-refractivity contribution in [2.24, 2.45) is 5.92 Å². The molecule has 1 saturated carbocycles. The van der Waals surface area contributed by atoms with Gasteiger partial charge in [0.25, 0.3) is 0 Å². The Hall–Kier alpha value is -1.40. The lowest BCUT2D eigenvalue weighted by Crippen LogP contribution is -2.42. The summed E-state index contributed by atoms with van der Waals surface area (Å²) >= 11 is 0. The minimum Gasteiger partial charge on any atom is -0.309 e. The van der Waals surface area contributed by atoms with Crippen LogP contribution in [0.25, 0.3) is 0 Å². The summed E-state index contributed by atoms with van der Waals surface area (Å²) in [4.78, 5) is 14.6. The molecule has 5 nitrogen and oxygen atoms in total. The molecular weight excluding hydrogens is 324 g/mol. The van der Waals surface area contributed by atoms with Crippen LogP contribution >= 0.6 is 0 Å². The predicted molar refractivity (Wildman–Crippen MR) is 94.5 cm³/mol. The SMILES string of the molecule is CCC(C)(C)NS(=O)(=O)c1ccc2c(c1)C[C@@H](C)N2C(=O)C1CC1. The fourth-order valence-corrected chi connectivity index (χ4v) is 4.67. The number of nitrogens with zero attached hydrogens (tertiary/aromatic N) is 1. The van der Waals surface area contributed by atoms with Gasteiger partial charge < -0.3 is 4.90 Å². The van der Waals surface area contributed by atoms with Crippen LogP contribution in [0.15, 0.2) is 23.1 Å². The van der Waals surface area contributed by atoms with E-state index in [9.17, 15) is 13.2 Å². The molecule has 1 fully saturated rings. The number of fused-ring (bicyclic) bond motifs is 1. The molecule has 6 heteroatoms. The predicted octanol–water partition coefficient (Wildman–Crippen LogP) is 2.84. The molecule has 3 rings (SSSR count). The molecule has 0 aromatic heterocycles. The molecule has 1 aliphatic heterocycles. The molecule has 132 valence electrons. The summed E-state index contributed by atoms with van der Waals surface area (Å²) in [5.74, 6) is 0.343. The van der Waals surface area contributed by atoms with Crippen molar-refractivity contribution in [2.45, 2.75) is 69.9 Å². The van der Waals surface area contributed by atoms with Gasteiger partial charge in [-0.25, -0.2) is 13.1 Å². The highest BCUT2D eigenvalue weighted by atomic mass is 32.2. The Morgan fingerprint density at radius 3 is 2.58 bits per heavy atom. The smallest absolute Gasteiger partial charge is 0.241 e. The average Bonchev–Trinajstić information content (AvgIpc) is 3.27. The van der Waals surface area contributed by atoms with E-state index in [4.69, 9.17) is 0 Å². The maximum Gasteiger partial charge on any atom is 0.241 e. The zero-order chi connectivity index (χ0) is 17.7. The van der Waals surface area contributed by atoms with Crippen LogP contribution in [-0.4, -0.2) is 25.9 Å². The first-order chi connectivity index (χ1) is 11.1. The summed E-state index contributed by atoms with van der Waals surface area (Å²) in [5, 5.41) is 0. The lowest BCUT2D eigenvalue weighted by Gasteiger charge is -2.24. The van der Waals surface area contributed by atoms with Gasteiger partial charge in [0.1, 0.15) is 0 Å². The van der Waals surface area contributed by atoms with Crippen LogP contribution < -0.4 is 9.62 Å². The molecule has 1 atom stereocenters. The van der Waals surface area contributed by atoms with Crippen molar-refractivity contribution >= 4 is 21.6 Å². The molecule has 0 bridgehead atoms. The van der Waals surface area contributed by atoms with E-state index in [-0.39, 0.29) is 22.8 Å². The number of hydrogen-bond acceptors (Lipinski definition) is 3. The van der Waals surface area contributed by atoms with Crippen molar-refractivity contribution in [3.8, 4) is 0 Å². The molecule has 1 amide bonds. The van der Waals surface area contributed by atoms with Crippen molar-refractivity contribution in [3.05, 3.63) is 23.8 Å². The normalized spacial score (nSPS) is 21.0. The van der Waals surface area contributed by atoms with Gasteiger partial charge in [0, 0.05) is 23.2 Å². The van der Waals surface area contributed by atoms with Crippen molar-refractivity contribution in [3.63, 3.8) is 0 Å². The van der Waals surface area contributed by atoms with Gasteiger partial charge in [-0.1, -0.05) is 6.92 Å². The van der Waals surface area contributed by atoms with Crippen LogP contribution in [-0.2, 0) is 21.2 Å². The zero-order valence-corrected chi connectivity index (χ0v) is 15.6. The Bertz CT molecular complexity index is 766. The molecule has 1 aliphatic carbocycles. The third-order valence-electron chi connectivity index (χ3n) is 5.04. The highest BCUT2D eigenvalue weighted by Crippen LogP contribution is 2.39. The number of nitrogens with one attached hydrogen (secondary N) is 1. The second-order valence-electron chi connectivity index (χ2n) is 7.67. The number of sulfonamides is 1. The van der Waals surface area contributed by atoms with Crippen LogP contribution in [0.4, 0.5) is 5.69 Å². The first kappa shape index (κ1) is 17.4. The number of rotatable bonds is 5. The molecule has 0 saturated heterocycles. The highest BCUT2D eigenvalue weighted by molar-refractivity contribution is 7.89. The summed E-state index contributed by atoms with van der Waals surface area (Å²) in [5.41, 5.74) is 1.32. The van der Waals surface area contributed by atoms with E-state index in [1.54, 1.807) is 18.2 Å². The maximum atomic E-state index is 12.6. The van der Waals surface area contributed by atoms with Crippen LogP contribution in [0, 0.1) is 5.92 Å². The fourth-order valence-electron chi connectivity index (χ4n) is 3.13. The van der Waals surface area contributed by atoms with E-state index in [0.29, 0.717) is 12.8 Å². The number of anilines is 1. The minimum absolute atomic E-state index is 0.0890. The Morgan fingerprint density at radius 1 is 1.33 bits per heavy atom. The van der Waals surface area contributed by atoms with Gasteiger partial charge in [0.2, 0.25) is 15.9 Å². The van der Waals surface area contributed by atoms with Crippen molar-refractivity contribution in [2.75, 3.05) is 4.90 Å². The van der Waals surface area contributed by atoms with Gasteiger partial charge in [-0.15, -0.1) is 0 Å². The van der Waals surface area contributed by atoms with E-state index < -0.39 is 15.6 Å². The molecule has 1 aromatic carbocycles. The Labute approximate surface area is 144 Å². The third kappa shape index (κ3) is 3.22. The van der Waals surface area contributed by atoms with Crippen LogP contribution in [0.5, 0.6) is 0 Å². The summed E-state index contributed by atoms with van der Waals surface area (Å²) < 4.78 is 28.0. The van der Waals surface area contributed by atoms with Crippen molar-refractivity contribution < 1.29 is 13.2 Å². The minimum atomic E-state index is -3.56. The van der Waals surface area contributed by atoms with E-state index in [2.05, 4.69) is 4.72 Å². The van der Waals surface area contributed by atoms with E-state index in [0.717, 1.165) is 24.1 Å². The molecule has 1 heterocycles. The molecule has 0 radical (unpaired) electrons. The largest absolute Gasteiger partial charge is 0.309 e. The fraction of sp³-hybridized carbons (Fsp3) is 0.611. The average molecular weight is 350 g/mol. The quantitative estimate of drug-likeness (QED) is 0.888. The topological polar surface area (TPSA) is 66.5 Å². The molecule has 1 N–H and O–H groups in total. The van der Waals surface area contributed by atoms with Gasteiger partial charge in [0.05, 0.1) is 4.90 Å². The second-order valence-corrected chi connectivity index (χ2v) is 9.35. The summed E-state index contributed by atoms with van der Waals surface area (Å²) in [6.45, 7) is 7.72. The Kier molecular flexibility index (Phi) is 4.24. The molecule has 1 aromatic rings. The van der Waals surface area contributed by atoms with Gasteiger partial charge >= 0.3 is 0 Å². The van der Waals surface area contributed by atoms with Crippen molar-refractivity contribution in [1.29, 1.82) is 0 Å². The molecule has 0 spiro atoms. The molecule has 2 aliphatic rings. The van der Waals surface area contributed by atoms with Crippen LogP contribution in [0.3, 0.4) is 0 Å². The number of carbonyl (C=O) groups is 1. The maximum absolute atomic E-state index is 12.6. The lowest BCUT2D eigenvalue weighted by molar-refractivity contribution is -0.120. The zero-order valence-electron chi connectivity index (χ0n) is 14.8. The summed E-state index contributed by atoms with van der Waals surface area (Å²) in [6.07, 6.45) is 3.35. The summed E-state index contributed by atoms with van der Waals surface area (Å²) in [6, 6.07) is 5.20. The van der Waals surface area contributed by atoms with E-state index in [1.807, 2.05) is 32.6 Å². The van der Waals surface area contributed by atoms with E-state index in [1.165, 1.54) is 0 Å². The van der Waals surface area contributed by atoms with Gasteiger partial charge in [0.15, 0.2) is 0 Å². The van der Waals surface area contributed by atoms with E-state index >= 15 is 0 Å². The molecule has 24 heavy (non-hydrogen) atoms. The first-order valence-electron chi connectivity index (χ1n) is 8.64. The Balaban J connectivity index is 1.90. The number of amides is 1. The van der Waals surface area contributed by atoms with Crippen molar-refractivity contribution in [1.82, 2.24) is 4.72 Å². The lowest BCUT2D eigenvalue weighted by atomic mass is 10.0. The number of hydrogen-bond donors (Lipinski definition) is 1. The molecular formula is C18H26N2O3S. The number of carbonyl (C=O) groups excluding carboxylic acids is 1. The van der Waals surface area contributed by atoms with Crippen LogP contribution in [0.2, 0.25) is 0 Å². The van der Waals surface area contributed by atoms with Gasteiger partial charge in [-0.2, -0.15) is 0 Å².